The molecule has 0 radical (unpaired) electrons. The molecule has 0 heterocycles. The number of amides is 1. The summed E-state index contributed by atoms with van der Waals surface area (Å²) < 4.78 is 0. The summed E-state index contributed by atoms with van der Waals surface area (Å²) in [6.45, 7) is 0.481. The van der Waals surface area contributed by atoms with E-state index in [1.54, 1.807) is 24.3 Å². The molecule has 2 atom stereocenters. The molecule has 5 nitrogen and oxygen atoms in total. The van der Waals surface area contributed by atoms with Crippen molar-refractivity contribution >= 4 is 11.9 Å². The minimum absolute atomic E-state index is 0.185. The predicted molar refractivity (Wildman–Crippen MR) is 75.3 cm³/mol. The molecule has 1 amide bonds. The Kier molecular flexibility index (Phi) is 4.53. The van der Waals surface area contributed by atoms with Crippen molar-refractivity contribution in [2.24, 2.45) is 11.7 Å². The first-order valence-corrected chi connectivity index (χ1v) is 6.61. The summed E-state index contributed by atoms with van der Waals surface area (Å²) in [5, 5.41) is 11.8. The summed E-state index contributed by atoms with van der Waals surface area (Å²) in [7, 11) is 0. The molecule has 0 saturated carbocycles. The maximum atomic E-state index is 12.2. The van der Waals surface area contributed by atoms with Gasteiger partial charge in [0.25, 0.3) is 5.91 Å². The Labute approximate surface area is 117 Å². The Balaban J connectivity index is 2.03. The first-order valence-electron chi connectivity index (χ1n) is 6.61. The third-order valence-electron chi connectivity index (χ3n) is 3.39. The first-order chi connectivity index (χ1) is 9.61. The fourth-order valence-electron chi connectivity index (χ4n) is 2.35. The van der Waals surface area contributed by atoms with Crippen LogP contribution in [0.2, 0.25) is 0 Å². The van der Waals surface area contributed by atoms with Gasteiger partial charge in [-0.1, -0.05) is 30.4 Å². The van der Waals surface area contributed by atoms with E-state index in [1.165, 1.54) is 0 Å². The van der Waals surface area contributed by atoms with E-state index in [0.29, 0.717) is 24.9 Å². The lowest BCUT2D eigenvalue weighted by molar-refractivity contribution is -0.140. The number of nitrogens with two attached hydrogens (primary N) is 1. The third-order valence-corrected chi connectivity index (χ3v) is 3.39. The fraction of sp³-hybridized carbons (Fsp3) is 0.333. The molecule has 1 aromatic carbocycles. The van der Waals surface area contributed by atoms with Crippen molar-refractivity contribution < 1.29 is 14.7 Å². The molecule has 1 aliphatic rings. The number of hydrogen-bond acceptors (Lipinski definition) is 3. The number of carboxylic acid groups (broad SMARTS) is 1. The van der Waals surface area contributed by atoms with Gasteiger partial charge in [0.2, 0.25) is 0 Å². The normalized spacial score (nSPS) is 20.9. The van der Waals surface area contributed by atoms with Gasteiger partial charge in [-0.3, -0.25) is 9.59 Å². The highest BCUT2D eigenvalue weighted by atomic mass is 16.4. The molecule has 0 bridgehead atoms. The molecule has 0 spiro atoms. The summed E-state index contributed by atoms with van der Waals surface area (Å²) in [5.41, 5.74) is 7.05. The highest BCUT2D eigenvalue weighted by Gasteiger charge is 2.25. The highest BCUT2D eigenvalue weighted by Crippen LogP contribution is 2.19. The van der Waals surface area contributed by atoms with Crippen molar-refractivity contribution in [3.8, 4) is 0 Å². The largest absolute Gasteiger partial charge is 0.481 e. The summed E-state index contributed by atoms with van der Waals surface area (Å²) >= 11 is 0. The number of nitrogens with one attached hydrogen (secondary N) is 1. The second-order valence-electron chi connectivity index (χ2n) is 4.84. The van der Waals surface area contributed by atoms with Gasteiger partial charge >= 0.3 is 5.97 Å². The fourth-order valence-corrected chi connectivity index (χ4v) is 2.35. The highest BCUT2D eigenvalue weighted by molar-refractivity contribution is 5.96. The Morgan fingerprint density at radius 3 is 2.70 bits per heavy atom. The summed E-state index contributed by atoms with van der Waals surface area (Å²) in [4.78, 5) is 23.1. The number of carbonyl (C=O) groups is 2. The van der Waals surface area contributed by atoms with Crippen molar-refractivity contribution in [3.63, 3.8) is 0 Å². The molecule has 1 aliphatic carbocycles. The number of carboxylic acids is 1. The molecular formula is C15H18N2O3. The van der Waals surface area contributed by atoms with E-state index in [4.69, 9.17) is 10.8 Å². The number of hydrogen-bond donors (Lipinski definition) is 3. The average Bonchev–Trinajstić information content (AvgIpc) is 2.88. The third kappa shape index (κ3) is 3.24. The number of rotatable bonds is 5. The zero-order valence-corrected chi connectivity index (χ0v) is 11.1. The van der Waals surface area contributed by atoms with Crippen molar-refractivity contribution in [2.45, 2.75) is 18.9 Å². The Morgan fingerprint density at radius 2 is 2.05 bits per heavy atom. The summed E-state index contributed by atoms with van der Waals surface area (Å²) in [6.07, 6.45) is 4.41. The molecule has 0 saturated heterocycles. The van der Waals surface area contributed by atoms with Crippen molar-refractivity contribution in [1.82, 2.24) is 5.32 Å². The Morgan fingerprint density at radius 1 is 1.30 bits per heavy atom. The van der Waals surface area contributed by atoms with Crippen LogP contribution < -0.4 is 11.1 Å². The Hall–Kier alpha value is -2.14. The monoisotopic (exact) mass is 274 g/mol. The molecule has 20 heavy (non-hydrogen) atoms. The molecule has 0 fully saturated rings. The number of aliphatic carboxylic acids is 1. The van der Waals surface area contributed by atoms with Gasteiger partial charge in [-0.15, -0.1) is 0 Å². The lowest BCUT2D eigenvalue weighted by Gasteiger charge is -2.14. The van der Waals surface area contributed by atoms with E-state index in [1.807, 2.05) is 12.1 Å². The standard InChI is InChI=1S/C15H18N2O3/c16-8-7-10-3-1-2-4-13(10)14(18)17-12-6-5-11(9-12)15(19)20/h1-6,11-12H,7-9,16H2,(H,17,18)(H,19,20). The SMILES string of the molecule is NCCc1ccccc1C(=O)NC1C=CC(C(=O)O)C1. The lowest BCUT2D eigenvalue weighted by atomic mass is 10.0. The van der Waals surface area contributed by atoms with Gasteiger partial charge in [0, 0.05) is 11.6 Å². The van der Waals surface area contributed by atoms with Crippen LogP contribution in [-0.2, 0) is 11.2 Å². The predicted octanol–water partition coefficient (Wildman–Crippen LogP) is 0.947. The molecule has 2 rings (SSSR count). The van der Waals surface area contributed by atoms with Crippen molar-refractivity contribution in [3.05, 3.63) is 47.5 Å². The van der Waals surface area contributed by atoms with Gasteiger partial charge in [0.15, 0.2) is 0 Å². The van der Waals surface area contributed by atoms with Gasteiger partial charge in [-0.05, 0) is 31.0 Å². The van der Waals surface area contributed by atoms with Crippen LogP contribution in [0.25, 0.3) is 0 Å². The van der Waals surface area contributed by atoms with E-state index in [9.17, 15) is 9.59 Å². The maximum absolute atomic E-state index is 12.2. The lowest BCUT2D eigenvalue weighted by Crippen LogP contribution is -2.34. The van der Waals surface area contributed by atoms with Crippen molar-refractivity contribution in [1.29, 1.82) is 0 Å². The topological polar surface area (TPSA) is 92.4 Å². The van der Waals surface area contributed by atoms with Gasteiger partial charge in [0.05, 0.1) is 5.92 Å². The van der Waals surface area contributed by atoms with Crippen LogP contribution in [0.15, 0.2) is 36.4 Å². The maximum Gasteiger partial charge on any atom is 0.310 e. The Bertz CT molecular complexity index is 540. The van der Waals surface area contributed by atoms with Gasteiger partial charge in [0.1, 0.15) is 0 Å². The van der Waals surface area contributed by atoms with Gasteiger partial charge in [-0.25, -0.2) is 0 Å². The van der Waals surface area contributed by atoms with Crippen LogP contribution in [0.5, 0.6) is 0 Å². The molecule has 2 unspecified atom stereocenters. The van der Waals surface area contributed by atoms with E-state index in [2.05, 4.69) is 5.32 Å². The quantitative estimate of drug-likeness (QED) is 0.697. The van der Waals surface area contributed by atoms with Crippen molar-refractivity contribution in [2.75, 3.05) is 6.54 Å². The molecule has 0 aromatic heterocycles. The minimum atomic E-state index is -0.860. The second kappa shape index (κ2) is 6.34. The van der Waals surface area contributed by atoms with E-state index in [0.717, 1.165) is 5.56 Å². The van der Waals surface area contributed by atoms with Crippen LogP contribution >= 0.6 is 0 Å². The van der Waals surface area contributed by atoms with Crippen LogP contribution in [0.4, 0.5) is 0 Å². The van der Waals surface area contributed by atoms with Gasteiger partial charge < -0.3 is 16.2 Å². The van der Waals surface area contributed by atoms with Crippen LogP contribution in [0, 0.1) is 5.92 Å². The van der Waals surface area contributed by atoms with E-state index < -0.39 is 11.9 Å². The number of carbonyl (C=O) groups excluding carboxylic acids is 1. The zero-order chi connectivity index (χ0) is 14.5. The molecule has 106 valence electrons. The molecule has 4 N–H and O–H groups in total. The molecular weight excluding hydrogens is 256 g/mol. The van der Waals surface area contributed by atoms with Crippen LogP contribution in [0.3, 0.4) is 0 Å². The van der Waals surface area contributed by atoms with Crippen LogP contribution in [-0.4, -0.2) is 29.6 Å². The smallest absolute Gasteiger partial charge is 0.310 e. The summed E-state index contributed by atoms with van der Waals surface area (Å²) in [6, 6.07) is 7.09. The summed E-state index contributed by atoms with van der Waals surface area (Å²) in [5.74, 6) is -1.56. The van der Waals surface area contributed by atoms with E-state index in [-0.39, 0.29) is 11.9 Å². The molecule has 1 aromatic rings. The number of benzene rings is 1. The first kappa shape index (κ1) is 14.3. The molecule has 0 aliphatic heterocycles. The zero-order valence-electron chi connectivity index (χ0n) is 11.1. The average molecular weight is 274 g/mol. The molecule has 5 heteroatoms. The second-order valence-corrected chi connectivity index (χ2v) is 4.84. The van der Waals surface area contributed by atoms with Gasteiger partial charge in [-0.2, -0.15) is 0 Å². The van der Waals surface area contributed by atoms with E-state index >= 15 is 0 Å². The minimum Gasteiger partial charge on any atom is -0.481 e. The van der Waals surface area contributed by atoms with Crippen LogP contribution in [0.1, 0.15) is 22.3 Å².